The molecule has 0 bridgehead atoms. The lowest BCUT2D eigenvalue weighted by Crippen LogP contribution is -2.19. The van der Waals surface area contributed by atoms with E-state index in [2.05, 4.69) is 5.32 Å². The number of benzene rings is 1. The highest BCUT2D eigenvalue weighted by molar-refractivity contribution is 5.92. The molecule has 1 aromatic rings. The van der Waals surface area contributed by atoms with Gasteiger partial charge < -0.3 is 5.32 Å². The predicted molar refractivity (Wildman–Crippen MR) is 59.3 cm³/mol. The fourth-order valence-electron chi connectivity index (χ4n) is 1.17. The number of rotatable bonds is 3. The third-order valence-corrected chi connectivity index (χ3v) is 2.35. The molecule has 0 spiro atoms. The highest BCUT2D eigenvalue weighted by Gasteiger charge is 2.09. The lowest BCUT2D eigenvalue weighted by molar-refractivity contribution is -0.119. The van der Waals surface area contributed by atoms with Gasteiger partial charge in [0.2, 0.25) is 5.91 Å². The maximum atomic E-state index is 11.5. The molecule has 0 unspecified atom stereocenters. The van der Waals surface area contributed by atoms with Crippen molar-refractivity contribution in [2.75, 3.05) is 5.32 Å². The van der Waals surface area contributed by atoms with Crippen LogP contribution in [0.1, 0.15) is 25.8 Å². The first-order chi connectivity index (χ1) is 6.63. The summed E-state index contributed by atoms with van der Waals surface area (Å²) in [7, 11) is 0. The van der Waals surface area contributed by atoms with Crippen LogP contribution in [-0.2, 0) is 4.79 Å². The molecule has 0 aliphatic carbocycles. The average Bonchev–Trinajstić information content (AvgIpc) is 2.16. The summed E-state index contributed by atoms with van der Waals surface area (Å²) in [5, 5.41) is 2.89. The van der Waals surface area contributed by atoms with Gasteiger partial charge >= 0.3 is 0 Å². The molecular formula is C12H17NO. The standard InChI is InChI=1S/C12H17NO/c1-4-10(3)12(14)13-11-7-5-6-9(2)8-11/h5-8,10H,4H2,1-3H3,(H,13,14)/t10-/m1/s1. The molecule has 1 aromatic carbocycles. The molecule has 1 rings (SSSR count). The van der Waals surface area contributed by atoms with E-state index in [9.17, 15) is 4.79 Å². The van der Waals surface area contributed by atoms with Gasteiger partial charge in [0.05, 0.1) is 0 Å². The van der Waals surface area contributed by atoms with Crippen molar-refractivity contribution in [3.8, 4) is 0 Å². The van der Waals surface area contributed by atoms with Crippen molar-refractivity contribution in [2.24, 2.45) is 5.92 Å². The van der Waals surface area contributed by atoms with E-state index in [1.807, 2.05) is 45.0 Å². The maximum Gasteiger partial charge on any atom is 0.227 e. The first-order valence-corrected chi connectivity index (χ1v) is 5.01. The Morgan fingerprint density at radius 3 is 2.79 bits per heavy atom. The molecule has 2 heteroatoms. The van der Waals surface area contributed by atoms with Crippen LogP contribution in [0.15, 0.2) is 24.3 Å². The predicted octanol–water partition coefficient (Wildman–Crippen LogP) is 2.98. The third-order valence-electron chi connectivity index (χ3n) is 2.35. The molecule has 1 N–H and O–H groups in total. The quantitative estimate of drug-likeness (QED) is 0.781. The smallest absolute Gasteiger partial charge is 0.227 e. The van der Waals surface area contributed by atoms with Gasteiger partial charge in [0.1, 0.15) is 0 Å². The maximum absolute atomic E-state index is 11.5. The van der Waals surface area contributed by atoms with E-state index in [1.165, 1.54) is 0 Å². The molecule has 1 amide bonds. The molecule has 0 aliphatic heterocycles. The zero-order valence-corrected chi connectivity index (χ0v) is 9.00. The highest BCUT2D eigenvalue weighted by Crippen LogP contribution is 2.11. The van der Waals surface area contributed by atoms with Crippen LogP contribution in [0.3, 0.4) is 0 Å². The molecule has 0 heterocycles. The zero-order chi connectivity index (χ0) is 10.6. The topological polar surface area (TPSA) is 29.1 Å². The van der Waals surface area contributed by atoms with Crippen molar-refractivity contribution < 1.29 is 4.79 Å². The summed E-state index contributed by atoms with van der Waals surface area (Å²) in [5.74, 6) is 0.175. The van der Waals surface area contributed by atoms with Gasteiger partial charge in [-0.25, -0.2) is 0 Å². The van der Waals surface area contributed by atoms with Crippen LogP contribution < -0.4 is 5.32 Å². The Bertz CT molecular complexity index is 320. The molecule has 76 valence electrons. The Hall–Kier alpha value is -1.31. The monoisotopic (exact) mass is 191 g/mol. The van der Waals surface area contributed by atoms with Gasteiger partial charge in [0, 0.05) is 11.6 Å². The second kappa shape index (κ2) is 4.80. The first kappa shape index (κ1) is 10.8. The number of anilines is 1. The van der Waals surface area contributed by atoms with Crippen LogP contribution in [0, 0.1) is 12.8 Å². The van der Waals surface area contributed by atoms with Gasteiger partial charge in [-0.15, -0.1) is 0 Å². The fraction of sp³-hybridized carbons (Fsp3) is 0.417. The van der Waals surface area contributed by atoms with Crippen molar-refractivity contribution >= 4 is 11.6 Å². The first-order valence-electron chi connectivity index (χ1n) is 5.01. The summed E-state index contributed by atoms with van der Waals surface area (Å²) in [6, 6.07) is 7.84. The minimum Gasteiger partial charge on any atom is -0.326 e. The van der Waals surface area contributed by atoms with E-state index in [-0.39, 0.29) is 11.8 Å². The number of amides is 1. The summed E-state index contributed by atoms with van der Waals surface area (Å²) in [6.45, 7) is 5.96. The molecule has 0 aromatic heterocycles. The lowest BCUT2D eigenvalue weighted by atomic mass is 10.1. The minimum atomic E-state index is 0.0792. The summed E-state index contributed by atoms with van der Waals surface area (Å²) < 4.78 is 0. The minimum absolute atomic E-state index is 0.0792. The summed E-state index contributed by atoms with van der Waals surface area (Å²) in [6.07, 6.45) is 0.873. The molecule has 0 radical (unpaired) electrons. The van der Waals surface area contributed by atoms with Crippen LogP contribution in [0.5, 0.6) is 0 Å². The van der Waals surface area contributed by atoms with Gasteiger partial charge in [0.25, 0.3) is 0 Å². The van der Waals surface area contributed by atoms with Crippen LogP contribution in [0.4, 0.5) is 5.69 Å². The summed E-state index contributed by atoms with van der Waals surface area (Å²) >= 11 is 0. The van der Waals surface area contributed by atoms with E-state index in [0.29, 0.717) is 0 Å². The van der Waals surface area contributed by atoms with Gasteiger partial charge in [-0.2, -0.15) is 0 Å². The van der Waals surface area contributed by atoms with E-state index in [1.54, 1.807) is 0 Å². The van der Waals surface area contributed by atoms with E-state index < -0.39 is 0 Å². The van der Waals surface area contributed by atoms with Crippen LogP contribution >= 0.6 is 0 Å². The molecule has 2 nitrogen and oxygen atoms in total. The molecule has 1 atom stereocenters. The molecule has 0 aliphatic rings. The van der Waals surface area contributed by atoms with Crippen molar-refractivity contribution in [1.82, 2.24) is 0 Å². The molecular weight excluding hydrogens is 174 g/mol. The highest BCUT2D eigenvalue weighted by atomic mass is 16.1. The van der Waals surface area contributed by atoms with Gasteiger partial charge in [-0.1, -0.05) is 26.0 Å². The SMILES string of the molecule is CC[C@@H](C)C(=O)Nc1cccc(C)c1. The zero-order valence-electron chi connectivity index (χ0n) is 9.00. The number of nitrogens with one attached hydrogen (secondary N) is 1. The fourth-order valence-corrected chi connectivity index (χ4v) is 1.17. The van der Waals surface area contributed by atoms with E-state index >= 15 is 0 Å². The number of aryl methyl sites for hydroxylation is 1. The Labute approximate surface area is 85.3 Å². The Kier molecular flexibility index (Phi) is 3.69. The second-order valence-electron chi connectivity index (χ2n) is 3.67. The normalized spacial score (nSPS) is 12.2. The summed E-state index contributed by atoms with van der Waals surface area (Å²) in [4.78, 5) is 11.5. The third kappa shape index (κ3) is 2.87. The number of hydrogen-bond donors (Lipinski definition) is 1. The lowest BCUT2D eigenvalue weighted by Gasteiger charge is -2.10. The molecule has 0 saturated carbocycles. The number of hydrogen-bond acceptors (Lipinski definition) is 1. The van der Waals surface area contributed by atoms with Crippen LogP contribution in [0.25, 0.3) is 0 Å². The van der Waals surface area contributed by atoms with E-state index in [0.717, 1.165) is 17.7 Å². The van der Waals surface area contributed by atoms with Crippen LogP contribution in [-0.4, -0.2) is 5.91 Å². The number of carbonyl (C=O) groups is 1. The van der Waals surface area contributed by atoms with Crippen LogP contribution in [0.2, 0.25) is 0 Å². The van der Waals surface area contributed by atoms with Crippen molar-refractivity contribution in [3.63, 3.8) is 0 Å². The van der Waals surface area contributed by atoms with Gasteiger partial charge in [-0.3, -0.25) is 4.79 Å². The molecule has 14 heavy (non-hydrogen) atoms. The second-order valence-corrected chi connectivity index (χ2v) is 3.67. The molecule has 0 saturated heterocycles. The van der Waals surface area contributed by atoms with E-state index in [4.69, 9.17) is 0 Å². The van der Waals surface area contributed by atoms with Crippen molar-refractivity contribution in [2.45, 2.75) is 27.2 Å². The van der Waals surface area contributed by atoms with Crippen molar-refractivity contribution in [1.29, 1.82) is 0 Å². The Balaban J connectivity index is 2.65. The Morgan fingerprint density at radius 2 is 2.21 bits per heavy atom. The summed E-state index contributed by atoms with van der Waals surface area (Å²) in [5.41, 5.74) is 2.04. The largest absolute Gasteiger partial charge is 0.326 e. The van der Waals surface area contributed by atoms with Crippen molar-refractivity contribution in [3.05, 3.63) is 29.8 Å². The number of carbonyl (C=O) groups excluding carboxylic acids is 1. The Morgan fingerprint density at radius 1 is 1.50 bits per heavy atom. The van der Waals surface area contributed by atoms with Gasteiger partial charge in [0.15, 0.2) is 0 Å². The van der Waals surface area contributed by atoms with Gasteiger partial charge in [-0.05, 0) is 31.0 Å². The molecule has 0 fully saturated rings. The average molecular weight is 191 g/mol.